The van der Waals surface area contributed by atoms with Crippen molar-refractivity contribution >= 4 is 5.57 Å². The van der Waals surface area contributed by atoms with E-state index in [0.29, 0.717) is 12.2 Å². The van der Waals surface area contributed by atoms with Crippen LogP contribution in [-0.4, -0.2) is 5.11 Å². The highest BCUT2D eigenvalue weighted by Crippen LogP contribution is 2.25. The fourth-order valence-electron chi connectivity index (χ4n) is 1.76. The lowest BCUT2D eigenvalue weighted by atomic mass is 9.99. The van der Waals surface area contributed by atoms with E-state index in [9.17, 15) is 5.11 Å². The van der Waals surface area contributed by atoms with E-state index in [1.54, 1.807) is 18.2 Å². The lowest BCUT2D eigenvalue weighted by Crippen LogP contribution is -1.88. The van der Waals surface area contributed by atoms with Crippen molar-refractivity contribution in [1.82, 2.24) is 0 Å². The van der Waals surface area contributed by atoms with Crippen molar-refractivity contribution in [2.24, 2.45) is 0 Å². The molecule has 0 aromatic heterocycles. The van der Waals surface area contributed by atoms with Gasteiger partial charge in [0.25, 0.3) is 0 Å². The SMILES string of the molecule is C=CC.C=CCc1cc(C(/C=C\C)=C/C(=C)C)ccc1O. The quantitative estimate of drug-likeness (QED) is 0.530. The first-order valence-electron chi connectivity index (χ1n) is 7.00. The minimum absolute atomic E-state index is 0.314. The number of phenolic OH excluding ortho intramolecular Hbond substituents is 1. The Labute approximate surface area is 129 Å². The van der Waals surface area contributed by atoms with Gasteiger partial charge in [-0.05, 0) is 56.0 Å². The molecule has 0 amide bonds. The normalized spacial score (nSPS) is 10.7. The number of benzene rings is 1. The van der Waals surface area contributed by atoms with Crippen LogP contribution >= 0.6 is 0 Å². The Morgan fingerprint density at radius 3 is 2.33 bits per heavy atom. The summed E-state index contributed by atoms with van der Waals surface area (Å²) in [5.74, 6) is 0.314. The molecular formula is C20H26O. The van der Waals surface area contributed by atoms with Gasteiger partial charge < -0.3 is 5.11 Å². The van der Waals surface area contributed by atoms with Crippen molar-refractivity contribution < 1.29 is 5.11 Å². The third-order valence-electron chi connectivity index (χ3n) is 2.53. The van der Waals surface area contributed by atoms with E-state index in [-0.39, 0.29) is 0 Å². The molecule has 0 aliphatic carbocycles. The first kappa shape index (κ1) is 18.7. The lowest BCUT2D eigenvalue weighted by molar-refractivity contribution is 0.469. The maximum Gasteiger partial charge on any atom is 0.119 e. The molecule has 112 valence electrons. The van der Waals surface area contributed by atoms with Crippen molar-refractivity contribution in [2.75, 3.05) is 0 Å². The predicted octanol–water partition coefficient (Wildman–Crippen LogP) is 5.85. The van der Waals surface area contributed by atoms with Gasteiger partial charge in [-0.2, -0.15) is 0 Å². The predicted molar refractivity (Wildman–Crippen MR) is 95.5 cm³/mol. The highest BCUT2D eigenvalue weighted by molar-refractivity contribution is 5.76. The Morgan fingerprint density at radius 1 is 1.24 bits per heavy atom. The standard InChI is InChI=1S/C17H20O.C3H6/c1-5-7-14(11-13(3)4)15-9-10-17(18)16(12-15)8-6-2;1-3-2/h5-7,9-12,18H,2-3,8H2,1,4H3;3H,1H2,2H3/b7-5-,14-11+;. The number of hydrogen-bond acceptors (Lipinski definition) is 1. The molecule has 0 fully saturated rings. The molecule has 1 rings (SSSR count). The average molecular weight is 282 g/mol. The van der Waals surface area contributed by atoms with Crippen LogP contribution < -0.4 is 0 Å². The van der Waals surface area contributed by atoms with Crippen molar-refractivity contribution in [2.45, 2.75) is 27.2 Å². The van der Waals surface area contributed by atoms with Crippen LogP contribution in [0.1, 0.15) is 31.9 Å². The summed E-state index contributed by atoms with van der Waals surface area (Å²) in [7, 11) is 0. The van der Waals surface area contributed by atoms with Crippen LogP contribution in [0.15, 0.2) is 73.9 Å². The molecule has 1 nitrogen and oxygen atoms in total. The summed E-state index contributed by atoms with van der Waals surface area (Å²) in [5, 5.41) is 9.76. The van der Waals surface area contributed by atoms with E-state index in [1.165, 1.54) is 0 Å². The second-order valence-corrected chi connectivity index (χ2v) is 4.69. The molecule has 0 spiro atoms. The summed E-state index contributed by atoms with van der Waals surface area (Å²) in [5.41, 5.74) is 4.06. The second kappa shape index (κ2) is 10.5. The van der Waals surface area contributed by atoms with E-state index in [1.807, 2.05) is 51.1 Å². The minimum Gasteiger partial charge on any atom is -0.508 e. The van der Waals surface area contributed by atoms with Crippen LogP contribution in [-0.2, 0) is 6.42 Å². The Kier molecular flexibility index (Phi) is 9.36. The third kappa shape index (κ3) is 7.17. The number of rotatable bonds is 5. The molecule has 0 unspecified atom stereocenters. The molecule has 0 aliphatic heterocycles. The molecule has 1 aromatic carbocycles. The zero-order chi connectivity index (χ0) is 16.3. The first-order valence-corrected chi connectivity index (χ1v) is 7.00. The monoisotopic (exact) mass is 282 g/mol. The lowest BCUT2D eigenvalue weighted by Gasteiger charge is -2.08. The zero-order valence-electron chi connectivity index (χ0n) is 13.4. The third-order valence-corrected chi connectivity index (χ3v) is 2.53. The van der Waals surface area contributed by atoms with Gasteiger partial charge in [0.15, 0.2) is 0 Å². The maximum absolute atomic E-state index is 9.76. The molecule has 0 saturated carbocycles. The summed E-state index contributed by atoms with van der Waals surface area (Å²) in [6, 6.07) is 5.63. The molecule has 0 bridgehead atoms. The summed E-state index contributed by atoms with van der Waals surface area (Å²) in [4.78, 5) is 0. The van der Waals surface area contributed by atoms with Crippen molar-refractivity contribution in [1.29, 1.82) is 0 Å². The fourth-order valence-corrected chi connectivity index (χ4v) is 1.76. The van der Waals surface area contributed by atoms with Crippen LogP contribution in [0.2, 0.25) is 0 Å². The highest BCUT2D eigenvalue weighted by atomic mass is 16.3. The van der Waals surface area contributed by atoms with E-state index < -0.39 is 0 Å². The van der Waals surface area contributed by atoms with Crippen molar-refractivity contribution in [3.8, 4) is 5.75 Å². The average Bonchev–Trinajstić information content (AvgIpc) is 2.41. The second-order valence-electron chi connectivity index (χ2n) is 4.69. The van der Waals surface area contributed by atoms with Crippen LogP contribution in [0.3, 0.4) is 0 Å². The Hall–Kier alpha value is -2.28. The van der Waals surface area contributed by atoms with Gasteiger partial charge in [0.05, 0.1) is 0 Å². The molecular weight excluding hydrogens is 256 g/mol. The largest absolute Gasteiger partial charge is 0.508 e. The van der Waals surface area contributed by atoms with Gasteiger partial charge in [0.2, 0.25) is 0 Å². The van der Waals surface area contributed by atoms with E-state index in [2.05, 4.69) is 19.7 Å². The Morgan fingerprint density at radius 2 is 1.86 bits per heavy atom. The van der Waals surface area contributed by atoms with Gasteiger partial charge in [0.1, 0.15) is 5.75 Å². The van der Waals surface area contributed by atoms with Gasteiger partial charge in [-0.1, -0.05) is 48.6 Å². The Bertz CT molecular complexity index is 545. The molecule has 1 N–H and O–H groups in total. The van der Waals surface area contributed by atoms with Gasteiger partial charge in [-0.15, -0.1) is 13.2 Å². The Balaban J connectivity index is 0.00000122. The summed E-state index contributed by atoms with van der Waals surface area (Å²) in [6.45, 7) is 16.8. The molecule has 0 atom stereocenters. The topological polar surface area (TPSA) is 20.2 Å². The van der Waals surface area contributed by atoms with E-state index in [0.717, 1.165) is 22.3 Å². The van der Waals surface area contributed by atoms with Crippen LogP contribution in [0, 0.1) is 0 Å². The molecule has 1 aromatic rings. The van der Waals surface area contributed by atoms with E-state index in [4.69, 9.17) is 0 Å². The van der Waals surface area contributed by atoms with Gasteiger partial charge in [0, 0.05) is 0 Å². The molecule has 1 heteroatoms. The number of phenols is 1. The molecule has 0 heterocycles. The molecule has 0 aliphatic rings. The molecule has 21 heavy (non-hydrogen) atoms. The maximum atomic E-state index is 9.76. The highest BCUT2D eigenvalue weighted by Gasteiger charge is 2.04. The number of allylic oxidation sites excluding steroid dienone is 7. The molecule has 0 saturated heterocycles. The molecule has 0 radical (unpaired) electrons. The summed E-state index contributed by atoms with van der Waals surface area (Å²) < 4.78 is 0. The van der Waals surface area contributed by atoms with Crippen LogP contribution in [0.5, 0.6) is 5.75 Å². The van der Waals surface area contributed by atoms with E-state index >= 15 is 0 Å². The summed E-state index contributed by atoms with van der Waals surface area (Å²) in [6.07, 6.45) is 10.3. The van der Waals surface area contributed by atoms with Gasteiger partial charge >= 0.3 is 0 Å². The van der Waals surface area contributed by atoms with Crippen molar-refractivity contribution in [3.63, 3.8) is 0 Å². The van der Waals surface area contributed by atoms with Gasteiger partial charge in [-0.3, -0.25) is 0 Å². The number of aromatic hydroxyl groups is 1. The zero-order valence-corrected chi connectivity index (χ0v) is 13.4. The minimum atomic E-state index is 0.314. The van der Waals surface area contributed by atoms with Crippen LogP contribution in [0.4, 0.5) is 0 Å². The number of hydrogen-bond donors (Lipinski definition) is 1. The first-order chi connectivity index (χ1) is 9.99. The summed E-state index contributed by atoms with van der Waals surface area (Å²) >= 11 is 0. The van der Waals surface area contributed by atoms with Crippen molar-refractivity contribution in [3.05, 3.63) is 85.0 Å². The fraction of sp³-hybridized carbons (Fsp3) is 0.200. The smallest absolute Gasteiger partial charge is 0.119 e. The van der Waals surface area contributed by atoms with Gasteiger partial charge in [-0.25, -0.2) is 0 Å². The van der Waals surface area contributed by atoms with Crippen LogP contribution in [0.25, 0.3) is 5.57 Å².